The Morgan fingerprint density at radius 3 is 2.72 bits per heavy atom. The van der Waals surface area contributed by atoms with Gasteiger partial charge in [0.25, 0.3) is 0 Å². The number of morpholine rings is 1. The van der Waals surface area contributed by atoms with E-state index < -0.39 is 0 Å². The summed E-state index contributed by atoms with van der Waals surface area (Å²) in [6.45, 7) is 4.80. The predicted molar refractivity (Wildman–Crippen MR) is 72.4 cm³/mol. The van der Waals surface area contributed by atoms with Gasteiger partial charge in [0.15, 0.2) is 0 Å². The van der Waals surface area contributed by atoms with Crippen LogP contribution in [0, 0.1) is 0 Å². The van der Waals surface area contributed by atoms with Crippen LogP contribution >= 0.6 is 11.8 Å². The van der Waals surface area contributed by atoms with E-state index >= 15 is 0 Å². The summed E-state index contributed by atoms with van der Waals surface area (Å²) in [5, 5.41) is 18.8. The zero-order valence-electron chi connectivity index (χ0n) is 10.3. The SMILES string of the molecule is Oc1ccc(SCCCN2CCOCC2)c(O)c1. The predicted octanol–water partition coefficient (Wildman–Crippen LogP) is 1.91. The van der Waals surface area contributed by atoms with Crippen LogP contribution < -0.4 is 0 Å². The number of hydrogen-bond donors (Lipinski definition) is 2. The maximum Gasteiger partial charge on any atom is 0.132 e. The van der Waals surface area contributed by atoms with Crippen LogP contribution in [0.2, 0.25) is 0 Å². The molecule has 0 aliphatic carbocycles. The van der Waals surface area contributed by atoms with Gasteiger partial charge in [0.05, 0.1) is 13.2 Å². The summed E-state index contributed by atoms with van der Waals surface area (Å²) in [5.41, 5.74) is 0. The molecule has 1 saturated heterocycles. The van der Waals surface area contributed by atoms with Crippen molar-refractivity contribution >= 4 is 11.8 Å². The van der Waals surface area contributed by atoms with Gasteiger partial charge < -0.3 is 14.9 Å². The Hall–Kier alpha value is -0.910. The molecule has 1 aromatic rings. The fourth-order valence-electron chi connectivity index (χ4n) is 1.92. The van der Waals surface area contributed by atoms with Gasteiger partial charge in [-0.3, -0.25) is 4.90 Å². The smallest absolute Gasteiger partial charge is 0.132 e. The van der Waals surface area contributed by atoms with Gasteiger partial charge in [0.2, 0.25) is 0 Å². The fraction of sp³-hybridized carbons (Fsp3) is 0.538. The molecule has 18 heavy (non-hydrogen) atoms. The van der Waals surface area contributed by atoms with E-state index in [0.29, 0.717) is 0 Å². The molecule has 0 spiro atoms. The van der Waals surface area contributed by atoms with Crippen LogP contribution in [-0.4, -0.2) is 53.7 Å². The van der Waals surface area contributed by atoms with Gasteiger partial charge in [-0.2, -0.15) is 0 Å². The molecule has 1 fully saturated rings. The highest BCUT2D eigenvalue weighted by atomic mass is 32.2. The van der Waals surface area contributed by atoms with Crippen molar-refractivity contribution in [2.24, 2.45) is 0 Å². The van der Waals surface area contributed by atoms with Crippen molar-refractivity contribution in [1.29, 1.82) is 0 Å². The van der Waals surface area contributed by atoms with E-state index in [2.05, 4.69) is 4.90 Å². The molecular weight excluding hydrogens is 250 g/mol. The molecule has 0 radical (unpaired) electrons. The molecule has 1 aliphatic rings. The van der Waals surface area contributed by atoms with Gasteiger partial charge in [-0.05, 0) is 30.9 Å². The number of phenols is 2. The first-order valence-electron chi connectivity index (χ1n) is 6.20. The Morgan fingerprint density at radius 1 is 1.22 bits per heavy atom. The zero-order valence-corrected chi connectivity index (χ0v) is 11.2. The molecule has 0 aromatic heterocycles. The van der Waals surface area contributed by atoms with Crippen LogP contribution in [0.5, 0.6) is 11.5 Å². The quantitative estimate of drug-likeness (QED) is 0.632. The Bertz CT molecular complexity index is 380. The zero-order chi connectivity index (χ0) is 12.8. The lowest BCUT2D eigenvalue weighted by molar-refractivity contribution is 0.0381. The van der Waals surface area contributed by atoms with Crippen LogP contribution in [0.3, 0.4) is 0 Å². The lowest BCUT2D eigenvalue weighted by Gasteiger charge is -2.26. The van der Waals surface area contributed by atoms with Gasteiger partial charge in [-0.15, -0.1) is 11.8 Å². The van der Waals surface area contributed by atoms with Gasteiger partial charge >= 0.3 is 0 Å². The summed E-state index contributed by atoms with van der Waals surface area (Å²) in [6.07, 6.45) is 1.09. The van der Waals surface area contributed by atoms with Crippen LogP contribution in [-0.2, 0) is 4.74 Å². The first-order valence-corrected chi connectivity index (χ1v) is 7.19. The average Bonchev–Trinajstić information content (AvgIpc) is 2.38. The first-order chi connectivity index (χ1) is 8.75. The third kappa shape index (κ3) is 4.08. The molecule has 1 aromatic carbocycles. The minimum Gasteiger partial charge on any atom is -0.508 e. The van der Waals surface area contributed by atoms with Gasteiger partial charge in [-0.25, -0.2) is 0 Å². The molecule has 1 heterocycles. The summed E-state index contributed by atoms with van der Waals surface area (Å²) in [5.74, 6) is 1.23. The molecular formula is C13H19NO3S. The summed E-state index contributed by atoms with van der Waals surface area (Å²) in [6, 6.07) is 4.73. The van der Waals surface area contributed by atoms with E-state index in [1.165, 1.54) is 6.07 Å². The highest BCUT2D eigenvalue weighted by Gasteiger charge is 2.09. The van der Waals surface area contributed by atoms with Gasteiger partial charge in [-0.1, -0.05) is 0 Å². The standard InChI is InChI=1S/C13H19NO3S/c15-11-2-3-13(12(16)10-11)18-9-1-4-14-5-7-17-8-6-14/h2-3,10,15-16H,1,4-9H2. The molecule has 0 atom stereocenters. The minimum atomic E-state index is 0.102. The van der Waals surface area contributed by atoms with Crippen molar-refractivity contribution < 1.29 is 14.9 Å². The number of nitrogens with zero attached hydrogens (tertiary/aromatic N) is 1. The minimum absolute atomic E-state index is 0.102. The van der Waals surface area contributed by atoms with E-state index in [9.17, 15) is 10.2 Å². The molecule has 5 heteroatoms. The summed E-state index contributed by atoms with van der Waals surface area (Å²) in [4.78, 5) is 3.23. The Balaban J connectivity index is 1.68. The Morgan fingerprint density at radius 2 is 2.00 bits per heavy atom. The second-order valence-corrected chi connectivity index (χ2v) is 5.44. The summed E-state index contributed by atoms with van der Waals surface area (Å²) >= 11 is 1.63. The van der Waals surface area contributed by atoms with Crippen molar-refractivity contribution in [3.8, 4) is 11.5 Å². The van der Waals surface area contributed by atoms with Crippen LogP contribution in [0.1, 0.15) is 6.42 Å². The third-order valence-corrected chi connectivity index (χ3v) is 4.07. The average molecular weight is 269 g/mol. The molecule has 0 amide bonds. The lowest BCUT2D eigenvalue weighted by atomic mass is 10.3. The van der Waals surface area contributed by atoms with Gasteiger partial charge in [0.1, 0.15) is 11.5 Å². The molecule has 100 valence electrons. The second kappa shape index (κ2) is 6.87. The van der Waals surface area contributed by atoms with Crippen molar-refractivity contribution in [2.75, 3.05) is 38.6 Å². The van der Waals surface area contributed by atoms with Gasteiger partial charge in [0, 0.05) is 24.1 Å². The summed E-state index contributed by atoms with van der Waals surface area (Å²) in [7, 11) is 0. The fourth-order valence-corrected chi connectivity index (χ4v) is 2.79. The van der Waals surface area contributed by atoms with Crippen LogP contribution in [0.15, 0.2) is 23.1 Å². The first kappa shape index (κ1) is 13.5. The van der Waals surface area contributed by atoms with Crippen molar-refractivity contribution in [1.82, 2.24) is 4.90 Å². The molecule has 0 saturated carbocycles. The molecule has 0 bridgehead atoms. The van der Waals surface area contributed by atoms with Crippen LogP contribution in [0.25, 0.3) is 0 Å². The third-order valence-electron chi connectivity index (χ3n) is 2.92. The topological polar surface area (TPSA) is 52.9 Å². The highest BCUT2D eigenvalue weighted by molar-refractivity contribution is 7.99. The number of aromatic hydroxyl groups is 2. The lowest BCUT2D eigenvalue weighted by Crippen LogP contribution is -2.36. The Labute approximate surface area is 112 Å². The Kier molecular flexibility index (Phi) is 5.16. The van der Waals surface area contributed by atoms with E-state index in [-0.39, 0.29) is 11.5 Å². The van der Waals surface area contributed by atoms with Crippen molar-refractivity contribution in [3.63, 3.8) is 0 Å². The molecule has 0 unspecified atom stereocenters. The monoisotopic (exact) mass is 269 g/mol. The number of hydrogen-bond acceptors (Lipinski definition) is 5. The number of ether oxygens (including phenoxy) is 1. The van der Waals surface area contributed by atoms with E-state index in [4.69, 9.17) is 4.74 Å². The number of phenolic OH excluding ortho intramolecular Hbond substituents is 2. The number of rotatable bonds is 5. The largest absolute Gasteiger partial charge is 0.508 e. The van der Waals surface area contributed by atoms with Crippen molar-refractivity contribution in [2.45, 2.75) is 11.3 Å². The number of benzene rings is 1. The maximum absolute atomic E-state index is 9.63. The van der Waals surface area contributed by atoms with E-state index in [1.807, 2.05) is 0 Å². The number of thioether (sulfide) groups is 1. The second-order valence-electron chi connectivity index (χ2n) is 4.31. The van der Waals surface area contributed by atoms with Crippen LogP contribution in [0.4, 0.5) is 0 Å². The van der Waals surface area contributed by atoms with Crippen molar-refractivity contribution in [3.05, 3.63) is 18.2 Å². The molecule has 2 N–H and O–H groups in total. The van der Waals surface area contributed by atoms with E-state index in [0.717, 1.165) is 49.9 Å². The van der Waals surface area contributed by atoms with E-state index in [1.54, 1.807) is 23.9 Å². The molecule has 1 aliphatic heterocycles. The molecule has 2 rings (SSSR count). The maximum atomic E-state index is 9.63. The highest BCUT2D eigenvalue weighted by Crippen LogP contribution is 2.31. The molecule has 4 nitrogen and oxygen atoms in total. The normalized spacial score (nSPS) is 16.9. The summed E-state index contributed by atoms with van der Waals surface area (Å²) < 4.78 is 5.30.